The highest BCUT2D eigenvalue weighted by molar-refractivity contribution is 8.71. The molecule has 0 radical (unpaired) electrons. The van der Waals surface area contributed by atoms with Crippen molar-refractivity contribution in [2.75, 3.05) is 0 Å². The van der Waals surface area contributed by atoms with E-state index in [1.165, 1.54) is 0 Å². The van der Waals surface area contributed by atoms with Gasteiger partial charge < -0.3 is 24.7 Å². The predicted octanol–water partition coefficient (Wildman–Crippen LogP) is 10.6. The van der Waals surface area contributed by atoms with Gasteiger partial charge in [0.25, 0.3) is 0 Å². The van der Waals surface area contributed by atoms with E-state index >= 15 is 0 Å². The molecule has 8 aromatic heterocycles. The molecule has 11 aromatic rings. The third-order valence-electron chi connectivity index (χ3n) is 12.1. The summed E-state index contributed by atoms with van der Waals surface area (Å²) < 4.78 is 7.23. The first-order chi connectivity index (χ1) is 29.7. The number of nitrogens with zero attached hydrogens (tertiary/aromatic N) is 6. The van der Waals surface area contributed by atoms with Crippen LogP contribution in [-0.2, 0) is 4.87 Å². The second-order valence-electron chi connectivity index (χ2n) is 14.8. The zero-order valence-electron chi connectivity index (χ0n) is 31.7. The maximum Gasteiger partial charge on any atom is 0.181 e. The fraction of sp³-hybridized carbons (Fsp3) is 0.0213. The van der Waals surface area contributed by atoms with Gasteiger partial charge in [0.2, 0.25) is 0 Å². The van der Waals surface area contributed by atoms with E-state index in [4.69, 9.17) is 34.3 Å². The van der Waals surface area contributed by atoms with Crippen LogP contribution in [-0.4, -0.2) is 44.9 Å². The van der Waals surface area contributed by atoms with Crippen molar-refractivity contribution < 1.29 is 4.42 Å². The second-order valence-corrected chi connectivity index (χ2v) is 21.4. The van der Waals surface area contributed by atoms with E-state index in [0.717, 1.165) is 48.3 Å². The molecule has 3 aromatic carbocycles. The standard InChI is InChI=1S/C47H34N10OS2/c1-3-14-33-31(12-1)21-22-37(53-33)42-43(38-18-10-29-59-38)60(41-20-9-28-58-41,45-51-26-27-52-45,44-49-24-11-25-50-44,46-55-35-16-5-6-17-36(35)56-46)47(57-42,39-19-7-8-23-48-39)40-30-32-13-2-4-15-34(32)54-40/h1-30,54,57H,(H,51,52)(H,55,56). The molecule has 0 saturated carbocycles. The van der Waals surface area contributed by atoms with Gasteiger partial charge in [-0.1, -0.05) is 66.7 Å². The van der Waals surface area contributed by atoms with E-state index in [9.17, 15) is 0 Å². The lowest BCUT2D eigenvalue weighted by Gasteiger charge is -2.76. The van der Waals surface area contributed by atoms with Crippen LogP contribution in [0.5, 0.6) is 0 Å². The minimum atomic E-state index is -5.88. The van der Waals surface area contributed by atoms with Crippen LogP contribution in [0.2, 0.25) is 0 Å². The molecule has 9 heterocycles. The molecule has 0 bridgehead atoms. The number of H-pyrrole nitrogens is 3. The van der Waals surface area contributed by atoms with Crippen LogP contribution in [0.1, 0.15) is 22.0 Å². The third-order valence-corrected chi connectivity index (χ3v) is 21.4. The summed E-state index contributed by atoms with van der Waals surface area (Å²) in [6, 6.07) is 46.8. The largest absolute Gasteiger partial charge is 0.459 e. The Kier molecular flexibility index (Phi) is 7.01. The number of hydrogen-bond donors (Lipinski definition) is 4. The van der Waals surface area contributed by atoms with Gasteiger partial charge in [-0.25, -0.2) is 24.9 Å². The summed E-state index contributed by atoms with van der Waals surface area (Å²) in [5, 5.41) is 10.3. The Morgan fingerprint density at radius 2 is 1.40 bits per heavy atom. The maximum atomic E-state index is 7.23. The average molecular weight is 819 g/mol. The molecule has 0 saturated heterocycles. The molecule has 0 aliphatic carbocycles. The van der Waals surface area contributed by atoms with E-state index < -0.39 is 13.2 Å². The highest BCUT2D eigenvalue weighted by Gasteiger charge is 2.92. The fourth-order valence-corrected chi connectivity index (χ4v) is 20.3. The number of hydrogen-bond acceptors (Lipinski definition) is 9. The summed E-state index contributed by atoms with van der Waals surface area (Å²) in [5.41, 5.74) is 6.04. The first kappa shape index (κ1) is 34.4. The minimum Gasteiger partial charge on any atom is -0.459 e. The number of fused-ring (bicyclic) bond motifs is 3. The number of para-hydroxylation sites is 4. The number of thiophene rings is 1. The fourth-order valence-electron chi connectivity index (χ4n) is 9.89. The van der Waals surface area contributed by atoms with Crippen LogP contribution >= 0.6 is 19.6 Å². The zero-order chi connectivity index (χ0) is 39.8. The lowest BCUT2D eigenvalue weighted by Crippen LogP contribution is -2.60. The zero-order valence-corrected chi connectivity index (χ0v) is 33.4. The molecule has 1 aliphatic rings. The lowest BCUT2D eigenvalue weighted by atomic mass is 10.1. The molecule has 4 N–H and O–H groups in total. The average Bonchev–Trinajstić information content (AvgIpc) is 4.17. The Bertz CT molecular complexity index is 3310. The van der Waals surface area contributed by atoms with Gasteiger partial charge in [0.1, 0.15) is 0 Å². The van der Waals surface area contributed by atoms with Gasteiger partial charge in [-0.15, -0.1) is 11.3 Å². The number of furan rings is 1. The molecule has 1 atom stereocenters. The normalized spacial score (nSPS) is 19.1. The van der Waals surface area contributed by atoms with Crippen molar-refractivity contribution in [1.82, 2.24) is 50.2 Å². The first-order valence-electron chi connectivity index (χ1n) is 19.4. The van der Waals surface area contributed by atoms with Gasteiger partial charge in [0, 0.05) is 51.7 Å². The Balaban J connectivity index is 1.50. The third kappa shape index (κ3) is 3.74. The number of imidazole rings is 2. The molecule has 0 spiro atoms. The summed E-state index contributed by atoms with van der Waals surface area (Å²) in [6.45, 7) is 0. The van der Waals surface area contributed by atoms with Gasteiger partial charge in [-0.2, -0.15) is 0 Å². The van der Waals surface area contributed by atoms with E-state index in [-0.39, 0.29) is 0 Å². The molecule has 60 heavy (non-hydrogen) atoms. The van der Waals surface area contributed by atoms with Crippen LogP contribution in [0.4, 0.5) is 0 Å². The number of rotatable bonds is 8. The molecule has 0 fully saturated rings. The van der Waals surface area contributed by atoms with Crippen LogP contribution in [0, 0.1) is 0 Å². The summed E-state index contributed by atoms with van der Waals surface area (Å²) in [5.74, 6) is 0. The quantitative estimate of drug-likeness (QED) is 0.111. The maximum absolute atomic E-state index is 7.23. The van der Waals surface area contributed by atoms with Crippen LogP contribution < -0.4 is 5.32 Å². The number of pyridine rings is 2. The Labute approximate surface area is 345 Å². The summed E-state index contributed by atoms with van der Waals surface area (Å²) in [4.78, 5) is 45.0. The Hall–Kier alpha value is -7.61. The number of aromatic nitrogens is 9. The monoisotopic (exact) mass is 818 g/mol. The van der Waals surface area contributed by atoms with Crippen LogP contribution in [0.15, 0.2) is 207 Å². The van der Waals surface area contributed by atoms with Gasteiger partial charge in [-0.05, 0) is 91.9 Å². The number of aromatic amines is 3. The van der Waals surface area contributed by atoms with Crippen molar-refractivity contribution in [2.45, 2.75) is 25.4 Å². The smallest absolute Gasteiger partial charge is 0.181 e. The van der Waals surface area contributed by atoms with Gasteiger partial charge in [-0.3, -0.25) is 4.98 Å². The van der Waals surface area contributed by atoms with Crippen molar-refractivity contribution in [2.24, 2.45) is 0 Å². The summed E-state index contributed by atoms with van der Waals surface area (Å²) in [6.07, 6.45) is 10.7. The highest BCUT2D eigenvalue weighted by Crippen LogP contribution is 3.17. The number of nitrogens with one attached hydrogen (secondary N) is 4. The molecule has 11 nitrogen and oxygen atoms in total. The van der Waals surface area contributed by atoms with Crippen molar-refractivity contribution in [3.8, 4) is 0 Å². The van der Waals surface area contributed by atoms with E-state index in [1.807, 2.05) is 97.3 Å². The molecular formula is C47H34N10OS2. The van der Waals surface area contributed by atoms with Gasteiger partial charge >= 0.3 is 0 Å². The highest BCUT2D eigenvalue weighted by atomic mass is 32.4. The topological polar surface area (TPSA) is 150 Å². The molecule has 13 heteroatoms. The molecular weight excluding hydrogens is 785 g/mol. The van der Waals surface area contributed by atoms with E-state index in [1.54, 1.807) is 36.2 Å². The van der Waals surface area contributed by atoms with Gasteiger partial charge in [0.15, 0.2) is 25.4 Å². The van der Waals surface area contributed by atoms with E-state index in [2.05, 4.69) is 80.2 Å². The SMILES string of the molecule is c1ccc(C2(c3cc4ccccc4[nH]3)NC(c3ccc4ccccc4n3)=C(c3cccs3)S2(c2ncccn2)(c2ncc[nH]2)(c2nc3ccccc3[nH]2)c2ccco2)nc1. The van der Waals surface area contributed by atoms with Gasteiger partial charge in [0.05, 0.1) is 45.6 Å². The first-order valence-corrected chi connectivity index (χ1v) is 22.7. The summed E-state index contributed by atoms with van der Waals surface area (Å²) in [7, 11) is -5.88. The lowest BCUT2D eigenvalue weighted by molar-refractivity contribution is 0.447. The minimum absolute atomic E-state index is 0.400. The molecule has 0 amide bonds. The Morgan fingerprint density at radius 1 is 0.600 bits per heavy atom. The van der Waals surface area contributed by atoms with Crippen LogP contribution in [0.25, 0.3) is 43.4 Å². The van der Waals surface area contributed by atoms with Crippen molar-refractivity contribution in [3.05, 3.63) is 204 Å². The molecule has 1 aliphatic heterocycles. The summed E-state index contributed by atoms with van der Waals surface area (Å²) >= 11 is 1.60. The predicted molar refractivity (Wildman–Crippen MR) is 235 cm³/mol. The molecule has 12 rings (SSSR count). The van der Waals surface area contributed by atoms with Crippen molar-refractivity contribution in [3.63, 3.8) is 0 Å². The van der Waals surface area contributed by atoms with Crippen molar-refractivity contribution in [1.29, 1.82) is 0 Å². The van der Waals surface area contributed by atoms with Crippen LogP contribution in [0.3, 0.4) is 0 Å². The second kappa shape index (κ2) is 12.2. The van der Waals surface area contributed by atoms with Crippen molar-refractivity contribution >= 4 is 63.1 Å². The molecule has 290 valence electrons. The van der Waals surface area contributed by atoms with E-state index in [0.29, 0.717) is 37.6 Å². The molecule has 1 unspecified atom stereocenters. The number of benzene rings is 3. The Morgan fingerprint density at radius 3 is 2.15 bits per heavy atom.